The van der Waals surface area contributed by atoms with Crippen molar-refractivity contribution in [2.75, 3.05) is 13.1 Å². The number of nitrogens with one attached hydrogen (secondary N) is 1. The van der Waals surface area contributed by atoms with Gasteiger partial charge in [0.2, 0.25) is 5.91 Å². The van der Waals surface area contributed by atoms with Crippen LogP contribution in [0.4, 0.5) is 8.78 Å². The Kier molecular flexibility index (Phi) is 6.56. The van der Waals surface area contributed by atoms with Crippen molar-refractivity contribution in [3.8, 4) is 0 Å². The van der Waals surface area contributed by atoms with Gasteiger partial charge >= 0.3 is 0 Å². The third kappa shape index (κ3) is 4.90. The van der Waals surface area contributed by atoms with E-state index in [1.807, 2.05) is 31.2 Å². The lowest BCUT2D eigenvalue weighted by molar-refractivity contribution is -0.134. The molecule has 1 unspecified atom stereocenters. The molecule has 21 heavy (non-hydrogen) atoms. The second-order valence-electron chi connectivity index (χ2n) is 4.98. The van der Waals surface area contributed by atoms with Crippen LogP contribution in [0, 0.1) is 0 Å². The minimum absolute atomic E-state index is 0. The number of alkyl halides is 2. The lowest BCUT2D eigenvalue weighted by atomic mass is 10.1. The molecule has 1 fully saturated rings. The van der Waals surface area contributed by atoms with Crippen molar-refractivity contribution in [3.63, 3.8) is 0 Å². The van der Waals surface area contributed by atoms with Crippen LogP contribution in [0.25, 0.3) is 0 Å². The maximum absolute atomic E-state index is 13.2. The van der Waals surface area contributed by atoms with Gasteiger partial charge in [-0.3, -0.25) is 10.1 Å². The zero-order chi connectivity index (χ0) is 14.8. The van der Waals surface area contributed by atoms with Crippen LogP contribution in [-0.2, 0) is 11.3 Å². The van der Waals surface area contributed by atoms with Crippen LogP contribution < -0.4 is 5.32 Å². The van der Waals surface area contributed by atoms with Gasteiger partial charge in [-0.25, -0.2) is 8.78 Å². The van der Waals surface area contributed by atoms with Crippen molar-refractivity contribution in [1.29, 1.82) is 0 Å². The van der Waals surface area contributed by atoms with Gasteiger partial charge in [-0.2, -0.15) is 0 Å². The monoisotopic (exact) mass is 382 g/mol. The number of rotatable bonds is 4. The molecule has 0 bridgehead atoms. The average molecular weight is 384 g/mol. The predicted molar refractivity (Wildman–Crippen MR) is 83.8 cm³/mol. The number of benzene rings is 1. The van der Waals surface area contributed by atoms with Crippen LogP contribution in [0.1, 0.15) is 18.9 Å². The number of hydrogen-bond donors (Lipinski definition) is 1. The van der Waals surface area contributed by atoms with Crippen LogP contribution >= 0.6 is 28.3 Å². The molecule has 0 aliphatic carbocycles. The number of halogens is 4. The smallest absolute Gasteiger partial charge is 0.262 e. The van der Waals surface area contributed by atoms with Crippen molar-refractivity contribution in [2.24, 2.45) is 0 Å². The Hall–Kier alpha value is -0.720. The summed E-state index contributed by atoms with van der Waals surface area (Å²) < 4.78 is 27.3. The van der Waals surface area contributed by atoms with E-state index < -0.39 is 24.9 Å². The molecule has 7 heteroatoms. The van der Waals surface area contributed by atoms with E-state index >= 15 is 0 Å². The van der Waals surface area contributed by atoms with E-state index in [2.05, 4.69) is 21.2 Å². The molecular formula is C14H18BrClF2N2O. The number of nitrogens with zero attached hydrogens (tertiary/aromatic N) is 1. The van der Waals surface area contributed by atoms with Crippen molar-refractivity contribution in [2.45, 2.75) is 31.9 Å². The zero-order valence-electron chi connectivity index (χ0n) is 11.6. The number of carbonyl (C=O) groups is 1. The van der Waals surface area contributed by atoms with Crippen LogP contribution in [0.15, 0.2) is 28.7 Å². The van der Waals surface area contributed by atoms with Crippen molar-refractivity contribution >= 4 is 34.2 Å². The lowest BCUT2D eigenvalue weighted by Gasteiger charge is -2.24. The average Bonchev–Trinajstić information content (AvgIpc) is 2.75. The first-order valence-electron chi connectivity index (χ1n) is 6.56. The highest BCUT2D eigenvalue weighted by atomic mass is 79.9. The van der Waals surface area contributed by atoms with Gasteiger partial charge in [0.05, 0.1) is 12.6 Å². The van der Waals surface area contributed by atoms with Gasteiger partial charge < -0.3 is 4.90 Å². The van der Waals surface area contributed by atoms with E-state index in [9.17, 15) is 13.6 Å². The van der Waals surface area contributed by atoms with E-state index in [0.717, 1.165) is 10.0 Å². The standard InChI is InChI=1S/C14H17BrF2N2O.ClH/c1-2-19(8-10-4-3-5-11(15)6-10)13(20)12-7-14(16,17)9-18-12;/h3-6,12,18H,2,7-9H2,1H3;1H. The Labute approximate surface area is 137 Å². The summed E-state index contributed by atoms with van der Waals surface area (Å²) >= 11 is 3.38. The molecule has 1 aliphatic rings. The summed E-state index contributed by atoms with van der Waals surface area (Å²) in [6.07, 6.45) is -0.416. The molecule has 3 nitrogen and oxygen atoms in total. The Morgan fingerprint density at radius 1 is 1.52 bits per heavy atom. The molecule has 1 heterocycles. The fraction of sp³-hybridized carbons (Fsp3) is 0.500. The molecule has 0 radical (unpaired) electrons. The third-order valence-corrected chi connectivity index (χ3v) is 3.86. The first kappa shape index (κ1) is 18.3. The van der Waals surface area contributed by atoms with Crippen LogP contribution in [-0.4, -0.2) is 35.9 Å². The molecule has 2 rings (SSSR count). The summed E-state index contributed by atoms with van der Waals surface area (Å²) in [6.45, 7) is 2.36. The topological polar surface area (TPSA) is 32.3 Å². The highest BCUT2D eigenvalue weighted by molar-refractivity contribution is 9.10. The van der Waals surface area contributed by atoms with Crippen molar-refractivity contribution < 1.29 is 13.6 Å². The van der Waals surface area contributed by atoms with E-state index in [4.69, 9.17) is 0 Å². The molecule has 0 spiro atoms. The van der Waals surface area contributed by atoms with Crippen molar-refractivity contribution in [3.05, 3.63) is 34.3 Å². The van der Waals surface area contributed by atoms with Gasteiger partial charge in [0.1, 0.15) is 0 Å². The summed E-state index contributed by atoms with van der Waals surface area (Å²) in [5.41, 5.74) is 0.972. The summed E-state index contributed by atoms with van der Waals surface area (Å²) in [4.78, 5) is 13.9. The minimum Gasteiger partial charge on any atom is -0.337 e. The second kappa shape index (κ2) is 7.51. The Morgan fingerprint density at radius 3 is 2.76 bits per heavy atom. The van der Waals surface area contributed by atoms with Gasteiger partial charge in [0.25, 0.3) is 5.92 Å². The van der Waals surface area contributed by atoms with E-state index in [1.165, 1.54) is 0 Å². The Morgan fingerprint density at radius 2 is 2.24 bits per heavy atom. The minimum atomic E-state index is -2.78. The molecule has 0 saturated carbocycles. The van der Waals surface area contributed by atoms with Gasteiger partial charge in [0, 0.05) is 24.0 Å². The van der Waals surface area contributed by atoms with E-state index in [0.29, 0.717) is 13.1 Å². The molecule has 1 N–H and O–H groups in total. The predicted octanol–water partition coefficient (Wildman–Crippen LogP) is 3.22. The molecule has 1 aromatic rings. The van der Waals surface area contributed by atoms with Crippen LogP contribution in [0.5, 0.6) is 0 Å². The fourth-order valence-corrected chi connectivity index (χ4v) is 2.76. The number of likely N-dealkylation sites (N-methyl/N-ethyl adjacent to an activating group) is 1. The first-order chi connectivity index (χ1) is 9.41. The summed E-state index contributed by atoms with van der Waals surface area (Å²) in [7, 11) is 0. The van der Waals surface area contributed by atoms with E-state index in [1.54, 1.807) is 4.90 Å². The highest BCUT2D eigenvalue weighted by Crippen LogP contribution is 2.26. The molecule has 1 aromatic carbocycles. The summed E-state index contributed by atoms with van der Waals surface area (Å²) in [6, 6.07) is 6.85. The highest BCUT2D eigenvalue weighted by Gasteiger charge is 2.43. The molecule has 1 aliphatic heterocycles. The zero-order valence-corrected chi connectivity index (χ0v) is 14.0. The Bertz CT molecular complexity index is 502. The van der Waals surface area contributed by atoms with Gasteiger partial charge in [-0.15, -0.1) is 12.4 Å². The second-order valence-corrected chi connectivity index (χ2v) is 5.89. The molecule has 1 saturated heterocycles. The van der Waals surface area contributed by atoms with Crippen LogP contribution in [0.3, 0.4) is 0 Å². The largest absolute Gasteiger partial charge is 0.337 e. The summed E-state index contributed by atoms with van der Waals surface area (Å²) in [5.74, 6) is -3.04. The maximum Gasteiger partial charge on any atom is 0.262 e. The molecule has 0 aromatic heterocycles. The maximum atomic E-state index is 13.2. The summed E-state index contributed by atoms with van der Waals surface area (Å²) in [5, 5.41) is 2.61. The number of carbonyl (C=O) groups excluding carboxylic acids is 1. The molecule has 1 atom stereocenters. The third-order valence-electron chi connectivity index (χ3n) is 3.36. The normalized spacial score (nSPS) is 19.9. The van der Waals surface area contributed by atoms with Gasteiger partial charge in [-0.05, 0) is 24.6 Å². The number of amides is 1. The van der Waals surface area contributed by atoms with E-state index in [-0.39, 0.29) is 18.3 Å². The lowest BCUT2D eigenvalue weighted by Crippen LogP contribution is -2.43. The molecular weight excluding hydrogens is 366 g/mol. The first-order valence-corrected chi connectivity index (χ1v) is 7.35. The Balaban J connectivity index is 0.00000220. The van der Waals surface area contributed by atoms with Crippen LogP contribution in [0.2, 0.25) is 0 Å². The molecule has 118 valence electrons. The van der Waals surface area contributed by atoms with Gasteiger partial charge in [-0.1, -0.05) is 28.1 Å². The van der Waals surface area contributed by atoms with Gasteiger partial charge in [0.15, 0.2) is 0 Å². The SMILES string of the molecule is CCN(Cc1cccc(Br)c1)C(=O)C1CC(F)(F)CN1.Cl. The quantitative estimate of drug-likeness (QED) is 0.866. The fourth-order valence-electron chi connectivity index (χ4n) is 2.31. The number of hydrogen-bond acceptors (Lipinski definition) is 2. The van der Waals surface area contributed by atoms with Crippen molar-refractivity contribution in [1.82, 2.24) is 10.2 Å². The molecule has 1 amide bonds.